The molecule has 0 saturated carbocycles. The van der Waals surface area contributed by atoms with Crippen molar-refractivity contribution in [2.24, 2.45) is 0 Å². The highest BCUT2D eigenvalue weighted by molar-refractivity contribution is 8.00. The van der Waals surface area contributed by atoms with Crippen molar-refractivity contribution in [2.45, 2.75) is 29.7 Å². The number of carbonyl (C=O) groups is 1. The van der Waals surface area contributed by atoms with E-state index in [4.69, 9.17) is 0 Å². The molecule has 0 spiro atoms. The van der Waals surface area contributed by atoms with Gasteiger partial charge in [-0.3, -0.25) is 4.79 Å². The largest absolute Gasteiger partial charge is 0.433 e. The van der Waals surface area contributed by atoms with Crippen LogP contribution in [-0.2, 0) is 17.1 Å². The molecule has 3 aromatic rings. The Morgan fingerprint density at radius 2 is 1.53 bits per heavy atom. The van der Waals surface area contributed by atoms with Crippen LogP contribution in [0.25, 0.3) is 11.3 Å². The number of halogens is 6. The van der Waals surface area contributed by atoms with Crippen LogP contribution >= 0.6 is 11.8 Å². The molecule has 1 aromatic heterocycles. The number of hydrogen-bond acceptors (Lipinski definition) is 4. The predicted molar refractivity (Wildman–Crippen MR) is 108 cm³/mol. The van der Waals surface area contributed by atoms with E-state index in [2.05, 4.69) is 15.3 Å². The summed E-state index contributed by atoms with van der Waals surface area (Å²) in [5, 5.41) is 0.762. The number of nitrogens with zero attached hydrogens (tertiary/aromatic N) is 2. The van der Waals surface area contributed by atoms with Gasteiger partial charge >= 0.3 is 12.4 Å². The number of carbonyl (C=O) groups excluding carboxylic acids is 1. The molecule has 168 valence electrons. The van der Waals surface area contributed by atoms with Crippen LogP contribution in [0.15, 0.2) is 65.8 Å². The zero-order valence-corrected chi connectivity index (χ0v) is 17.1. The van der Waals surface area contributed by atoms with Gasteiger partial charge in [0.05, 0.1) is 22.2 Å². The molecule has 1 heterocycles. The van der Waals surface area contributed by atoms with Crippen LogP contribution in [0.4, 0.5) is 32.0 Å². The number of anilines is 1. The van der Waals surface area contributed by atoms with Crippen LogP contribution in [-0.4, -0.2) is 21.1 Å². The van der Waals surface area contributed by atoms with E-state index < -0.39 is 40.5 Å². The van der Waals surface area contributed by atoms with E-state index in [0.717, 1.165) is 18.2 Å². The fraction of sp³-hybridized carbons (Fsp3) is 0.190. The van der Waals surface area contributed by atoms with Gasteiger partial charge in [-0.2, -0.15) is 26.3 Å². The van der Waals surface area contributed by atoms with E-state index in [9.17, 15) is 31.1 Å². The molecule has 0 fully saturated rings. The van der Waals surface area contributed by atoms with Crippen molar-refractivity contribution < 1.29 is 31.1 Å². The van der Waals surface area contributed by atoms with Crippen LogP contribution in [0.5, 0.6) is 0 Å². The summed E-state index contributed by atoms with van der Waals surface area (Å²) in [6, 6.07) is 13.3. The zero-order chi connectivity index (χ0) is 23.5. The Hall–Kier alpha value is -3.08. The first-order valence-corrected chi connectivity index (χ1v) is 9.98. The maximum Gasteiger partial charge on any atom is 0.433 e. The van der Waals surface area contributed by atoms with Gasteiger partial charge in [0.2, 0.25) is 5.91 Å². The van der Waals surface area contributed by atoms with E-state index in [1.165, 1.54) is 19.1 Å². The summed E-state index contributed by atoms with van der Waals surface area (Å²) in [4.78, 5) is 20.0. The Morgan fingerprint density at radius 3 is 2.16 bits per heavy atom. The molecule has 2 aromatic carbocycles. The van der Waals surface area contributed by atoms with Gasteiger partial charge in [-0.25, -0.2) is 9.97 Å². The third-order valence-electron chi connectivity index (χ3n) is 4.21. The first-order valence-electron chi connectivity index (χ1n) is 9.10. The number of benzene rings is 2. The van der Waals surface area contributed by atoms with Gasteiger partial charge in [-0.1, -0.05) is 54.2 Å². The van der Waals surface area contributed by atoms with Crippen molar-refractivity contribution >= 4 is 23.4 Å². The molecule has 0 unspecified atom stereocenters. The average molecular weight is 471 g/mol. The maximum absolute atomic E-state index is 13.3. The van der Waals surface area contributed by atoms with Crippen LogP contribution in [0.1, 0.15) is 18.2 Å². The summed E-state index contributed by atoms with van der Waals surface area (Å²) in [5.41, 5.74) is -2.26. The molecule has 0 aliphatic carbocycles. The van der Waals surface area contributed by atoms with E-state index in [0.29, 0.717) is 17.3 Å². The summed E-state index contributed by atoms with van der Waals surface area (Å²) in [6.07, 6.45) is -9.44. The van der Waals surface area contributed by atoms with Gasteiger partial charge in [0.15, 0.2) is 5.16 Å². The fourth-order valence-corrected chi connectivity index (χ4v) is 3.45. The molecule has 0 bridgehead atoms. The quantitative estimate of drug-likeness (QED) is 0.270. The standard InChI is InChI=1S/C21H15F6N3OS/c1-12(18(31)28-15-10-6-5-9-14(15)20(22,23)24)32-19-29-16(13-7-3-2-4-8-13)11-17(30-19)21(25,26)27/h2-12H,1H3,(H,28,31)/t12-/m1/s1. The Bertz CT molecular complexity index is 1100. The minimum atomic E-state index is -4.75. The third-order valence-corrected chi connectivity index (χ3v) is 5.17. The lowest BCUT2D eigenvalue weighted by Crippen LogP contribution is -2.24. The Kier molecular flexibility index (Phi) is 6.77. The highest BCUT2D eigenvalue weighted by Crippen LogP contribution is 2.36. The third kappa shape index (κ3) is 5.78. The van der Waals surface area contributed by atoms with Crippen LogP contribution < -0.4 is 5.32 Å². The molecule has 1 N–H and O–H groups in total. The summed E-state index contributed by atoms with van der Waals surface area (Å²) >= 11 is 0.608. The minimum absolute atomic E-state index is 0.00505. The Balaban J connectivity index is 1.86. The highest BCUT2D eigenvalue weighted by Gasteiger charge is 2.35. The molecule has 11 heteroatoms. The number of para-hydroxylation sites is 1. The zero-order valence-electron chi connectivity index (χ0n) is 16.3. The molecule has 0 aliphatic rings. The monoisotopic (exact) mass is 471 g/mol. The second-order valence-corrected chi connectivity index (χ2v) is 7.89. The lowest BCUT2D eigenvalue weighted by atomic mass is 10.1. The van der Waals surface area contributed by atoms with Crippen molar-refractivity contribution in [3.8, 4) is 11.3 Å². The van der Waals surface area contributed by atoms with Gasteiger partial charge in [0.1, 0.15) is 5.69 Å². The lowest BCUT2D eigenvalue weighted by Gasteiger charge is -2.16. The number of alkyl halides is 6. The van der Waals surface area contributed by atoms with Crippen LogP contribution in [0.3, 0.4) is 0 Å². The Morgan fingerprint density at radius 1 is 0.906 bits per heavy atom. The van der Waals surface area contributed by atoms with Crippen molar-refractivity contribution in [3.05, 3.63) is 71.9 Å². The summed E-state index contributed by atoms with van der Waals surface area (Å²) in [7, 11) is 0. The maximum atomic E-state index is 13.3. The minimum Gasteiger partial charge on any atom is -0.325 e. The number of rotatable bonds is 5. The van der Waals surface area contributed by atoms with Crippen molar-refractivity contribution in [2.75, 3.05) is 5.32 Å². The highest BCUT2D eigenvalue weighted by atomic mass is 32.2. The number of hydrogen-bond donors (Lipinski definition) is 1. The van der Waals surface area contributed by atoms with E-state index in [-0.39, 0.29) is 10.9 Å². The molecular weight excluding hydrogens is 456 g/mol. The number of amides is 1. The second-order valence-electron chi connectivity index (χ2n) is 6.58. The smallest absolute Gasteiger partial charge is 0.325 e. The van der Waals surface area contributed by atoms with Gasteiger partial charge < -0.3 is 5.32 Å². The molecular formula is C21H15F6N3OS. The van der Waals surface area contributed by atoms with E-state index in [1.54, 1.807) is 30.3 Å². The summed E-state index contributed by atoms with van der Waals surface area (Å²) < 4.78 is 79.3. The first-order chi connectivity index (χ1) is 14.9. The molecule has 32 heavy (non-hydrogen) atoms. The second kappa shape index (κ2) is 9.19. The SMILES string of the molecule is C[C@@H](Sc1nc(-c2ccccc2)cc(C(F)(F)F)n1)C(=O)Nc1ccccc1C(F)(F)F. The predicted octanol–water partition coefficient (Wildman–Crippen LogP) is 6.30. The van der Waals surface area contributed by atoms with Crippen molar-refractivity contribution in [1.29, 1.82) is 0 Å². The first kappa shape index (κ1) is 23.6. The topological polar surface area (TPSA) is 54.9 Å². The van der Waals surface area contributed by atoms with Crippen LogP contribution in [0, 0.1) is 0 Å². The fourth-order valence-electron chi connectivity index (χ4n) is 2.67. The van der Waals surface area contributed by atoms with Gasteiger partial charge in [0.25, 0.3) is 0 Å². The van der Waals surface area contributed by atoms with Crippen molar-refractivity contribution in [3.63, 3.8) is 0 Å². The summed E-state index contributed by atoms with van der Waals surface area (Å²) in [6.45, 7) is 1.34. The Labute approximate surface area is 183 Å². The molecule has 0 radical (unpaired) electrons. The summed E-state index contributed by atoms with van der Waals surface area (Å²) in [5.74, 6) is -0.839. The molecule has 3 rings (SSSR count). The van der Waals surface area contributed by atoms with Crippen LogP contribution in [0.2, 0.25) is 0 Å². The normalized spacial score (nSPS) is 13.0. The van der Waals surface area contributed by atoms with E-state index in [1.807, 2.05) is 0 Å². The lowest BCUT2D eigenvalue weighted by molar-refractivity contribution is -0.141. The molecule has 0 aliphatic heterocycles. The molecule has 1 amide bonds. The number of thioether (sulfide) groups is 1. The molecule has 4 nitrogen and oxygen atoms in total. The number of nitrogens with one attached hydrogen (secondary N) is 1. The molecule has 1 atom stereocenters. The van der Waals surface area contributed by atoms with Gasteiger partial charge in [-0.15, -0.1) is 0 Å². The van der Waals surface area contributed by atoms with E-state index >= 15 is 0 Å². The number of aromatic nitrogens is 2. The van der Waals surface area contributed by atoms with Gasteiger partial charge in [-0.05, 0) is 25.1 Å². The molecule has 0 saturated heterocycles. The van der Waals surface area contributed by atoms with Gasteiger partial charge in [0, 0.05) is 5.56 Å². The van der Waals surface area contributed by atoms with Crippen molar-refractivity contribution in [1.82, 2.24) is 9.97 Å². The average Bonchev–Trinajstić information content (AvgIpc) is 2.73.